The van der Waals surface area contributed by atoms with Crippen LogP contribution in [0.25, 0.3) is 21.3 Å². The van der Waals surface area contributed by atoms with Crippen LogP contribution in [-0.4, -0.2) is 63.4 Å². The number of anilines is 2. The summed E-state index contributed by atoms with van der Waals surface area (Å²) < 4.78 is 30.9. The maximum absolute atomic E-state index is 13.8. The Labute approximate surface area is 311 Å². The minimum atomic E-state index is -4.16. The maximum Gasteiger partial charge on any atom is 0.303 e. The maximum atomic E-state index is 13.8. The molecule has 5 aromatic rings. The molecule has 1 saturated carbocycles. The molecule has 0 radical (unpaired) electrons. The first-order chi connectivity index (χ1) is 25.5. The molecule has 0 saturated heterocycles. The molecule has 0 atom stereocenters. The second kappa shape index (κ2) is 15.4. The molecule has 4 heterocycles. The van der Waals surface area contributed by atoms with Gasteiger partial charge in [0.2, 0.25) is 10.0 Å². The SMILES string of the molecule is Cc1c(-c2ccc(N3CCc4cccc(C(=O)Nc5nc6ccccc6s5)c4C3)nc2C(=O)NS(=O)(=O)CCCC(=O)O)cnn1CC1CCCCC1. The highest BCUT2D eigenvalue weighted by molar-refractivity contribution is 7.90. The highest BCUT2D eigenvalue weighted by Gasteiger charge is 2.28. The first kappa shape index (κ1) is 36.2. The summed E-state index contributed by atoms with van der Waals surface area (Å²) >= 11 is 1.40. The number of amides is 2. The van der Waals surface area contributed by atoms with Crippen molar-refractivity contribution in [3.05, 3.63) is 88.9 Å². The van der Waals surface area contributed by atoms with Gasteiger partial charge in [0.25, 0.3) is 11.8 Å². The molecular weight excluding hydrogens is 715 g/mol. The van der Waals surface area contributed by atoms with Crippen molar-refractivity contribution in [1.29, 1.82) is 0 Å². The fraction of sp³-hybridized carbons (Fsp3) is 0.368. The number of carbonyl (C=O) groups excluding carboxylic acids is 2. The summed E-state index contributed by atoms with van der Waals surface area (Å²) in [5, 5.41) is 17.1. The standard InChI is InChI=1S/C38H41N7O6S2/c1-24-29(21-39-45(24)22-25-9-3-2-4-10-25)27-16-17-33(41-35(27)37(49)43-53(50,51)20-8-15-34(46)47)44-19-18-26-11-7-12-28(30(26)23-44)36(48)42-38-40-31-13-5-6-14-32(31)52-38/h5-7,11-14,16-17,21,25H,2-4,8-10,15,18-20,22-23H2,1H3,(H,43,49)(H,46,47)(H,40,42,48). The molecule has 1 aliphatic heterocycles. The number of nitrogens with zero attached hydrogens (tertiary/aromatic N) is 5. The van der Waals surface area contributed by atoms with E-state index in [1.165, 1.54) is 30.6 Å². The van der Waals surface area contributed by atoms with Crippen molar-refractivity contribution in [3.8, 4) is 11.1 Å². The van der Waals surface area contributed by atoms with Crippen LogP contribution in [0.1, 0.15) is 82.6 Å². The number of para-hydroxylation sites is 1. The summed E-state index contributed by atoms with van der Waals surface area (Å²) in [6.07, 6.45) is 7.75. The molecule has 7 rings (SSSR count). The molecule has 13 nitrogen and oxygen atoms in total. The number of sulfonamides is 1. The van der Waals surface area contributed by atoms with Gasteiger partial charge in [-0.3, -0.25) is 24.4 Å². The van der Waals surface area contributed by atoms with E-state index >= 15 is 0 Å². The van der Waals surface area contributed by atoms with Crippen molar-refractivity contribution in [1.82, 2.24) is 24.5 Å². The quantitative estimate of drug-likeness (QED) is 0.133. The Kier molecular flexibility index (Phi) is 10.6. The Morgan fingerprint density at radius 3 is 2.57 bits per heavy atom. The molecule has 1 fully saturated rings. The summed E-state index contributed by atoms with van der Waals surface area (Å²) in [6, 6.07) is 16.9. The molecule has 2 aliphatic rings. The van der Waals surface area contributed by atoms with Crippen molar-refractivity contribution in [3.63, 3.8) is 0 Å². The number of nitrogens with one attached hydrogen (secondary N) is 2. The van der Waals surface area contributed by atoms with Crippen molar-refractivity contribution >= 4 is 60.3 Å². The Morgan fingerprint density at radius 1 is 0.962 bits per heavy atom. The van der Waals surface area contributed by atoms with Gasteiger partial charge in [0.15, 0.2) is 5.13 Å². The number of benzene rings is 2. The molecule has 3 aromatic heterocycles. The highest BCUT2D eigenvalue weighted by atomic mass is 32.2. The number of rotatable bonds is 12. The first-order valence-electron chi connectivity index (χ1n) is 17.9. The number of hydrogen-bond acceptors (Lipinski definition) is 10. The number of carboxylic acid groups (broad SMARTS) is 1. The lowest BCUT2D eigenvalue weighted by Crippen LogP contribution is -2.35. The van der Waals surface area contributed by atoms with Crippen LogP contribution in [0.5, 0.6) is 0 Å². The molecule has 15 heteroatoms. The van der Waals surface area contributed by atoms with Crippen LogP contribution in [0.4, 0.5) is 10.9 Å². The number of hydrogen-bond donors (Lipinski definition) is 3. The van der Waals surface area contributed by atoms with E-state index in [1.54, 1.807) is 24.4 Å². The van der Waals surface area contributed by atoms with Crippen LogP contribution in [-0.2, 0) is 34.3 Å². The van der Waals surface area contributed by atoms with E-state index in [2.05, 4.69) is 20.1 Å². The van der Waals surface area contributed by atoms with Crippen molar-refractivity contribution in [2.24, 2.45) is 5.92 Å². The third kappa shape index (κ3) is 8.25. The second-order valence-corrected chi connectivity index (χ2v) is 16.6. The lowest BCUT2D eigenvalue weighted by Gasteiger charge is -2.31. The van der Waals surface area contributed by atoms with Crippen LogP contribution < -0.4 is 14.9 Å². The zero-order valence-electron chi connectivity index (χ0n) is 29.4. The van der Waals surface area contributed by atoms with Gasteiger partial charge < -0.3 is 10.0 Å². The van der Waals surface area contributed by atoms with Gasteiger partial charge >= 0.3 is 5.97 Å². The normalized spacial score (nSPS) is 14.9. The predicted molar refractivity (Wildman–Crippen MR) is 204 cm³/mol. The van der Waals surface area contributed by atoms with Crippen molar-refractivity contribution in [2.45, 2.75) is 71.4 Å². The number of carboxylic acids is 1. The van der Waals surface area contributed by atoms with E-state index in [0.717, 1.165) is 46.4 Å². The molecule has 1 aliphatic carbocycles. The van der Waals surface area contributed by atoms with Gasteiger partial charge in [0.05, 0.1) is 22.2 Å². The van der Waals surface area contributed by atoms with E-state index < -0.39 is 27.7 Å². The average Bonchev–Trinajstić information content (AvgIpc) is 3.72. The van der Waals surface area contributed by atoms with Gasteiger partial charge in [-0.25, -0.2) is 23.1 Å². The van der Waals surface area contributed by atoms with Crippen molar-refractivity contribution in [2.75, 3.05) is 22.5 Å². The molecule has 53 heavy (non-hydrogen) atoms. The molecular formula is C38H41N7O6S2. The van der Waals surface area contributed by atoms with Gasteiger partial charge in [-0.05, 0) is 80.0 Å². The minimum Gasteiger partial charge on any atom is -0.481 e. The molecule has 0 unspecified atom stereocenters. The number of thiazole rings is 1. The fourth-order valence-electron chi connectivity index (χ4n) is 7.26. The van der Waals surface area contributed by atoms with Gasteiger partial charge in [0, 0.05) is 48.4 Å². The lowest BCUT2D eigenvalue weighted by molar-refractivity contribution is -0.137. The van der Waals surface area contributed by atoms with Gasteiger partial charge in [-0.1, -0.05) is 54.9 Å². The summed E-state index contributed by atoms with van der Waals surface area (Å²) in [5.41, 5.74) is 5.05. The largest absolute Gasteiger partial charge is 0.481 e. The van der Waals surface area contributed by atoms with Gasteiger partial charge in [-0.15, -0.1) is 0 Å². The second-order valence-electron chi connectivity index (χ2n) is 13.7. The molecule has 0 spiro atoms. The summed E-state index contributed by atoms with van der Waals surface area (Å²) in [7, 11) is -4.16. The zero-order valence-corrected chi connectivity index (χ0v) is 31.0. The third-order valence-electron chi connectivity index (χ3n) is 10.1. The number of fused-ring (bicyclic) bond motifs is 2. The fourth-order valence-corrected chi connectivity index (χ4v) is 9.12. The first-order valence-corrected chi connectivity index (χ1v) is 20.3. The van der Waals surface area contributed by atoms with Crippen LogP contribution in [0, 0.1) is 12.8 Å². The lowest BCUT2D eigenvalue weighted by atomic mass is 9.89. The summed E-state index contributed by atoms with van der Waals surface area (Å²) in [4.78, 5) is 49.8. The number of aromatic nitrogens is 4. The molecule has 276 valence electrons. The molecule has 0 bridgehead atoms. The van der Waals surface area contributed by atoms with Crippen LogP contribution >= 0.6 is 11.3 Å². The van der Waals surface area contributed by atoms with Crippen LogP contribution in [0.2, 0.25) is 0 Å². The van der Waals surface area contributed by atoms with E-state index in [9.17, 15) is 22.8 Å². The molecule has 2 amide bonds. The van der Waals surface area contributed by atoms with E-state index in [4.69, 9.17) is 10.1 Å². The Balaban J connectivity index is 1.18. The monoisotopic (exact) mass is 755 g/mol. The molecule has 2 aromatic carbocycles. The summed E-state index contributed by atoms with van der Waals surface area (Å²) in [6.45, 7) is 3.58. The Morgan fingerprint density at radius 2 is 1.77 bits per heavy atom. The zero-order chi connectivity index (χ0) is 37.1. The van der Waals surface area contributed by atoms with Crippen molar-refractivity contribution < 1.29 is 27.9 Å². The number of aliphatic carboxylic acids is 1. The smallest absolute Gasteiger partial charge is 0.303 e. The van der Waals surface area contributed by atoms with E-state index in [1.807, 2.05) is 52.9 Å². The number of carbonyl (C=O) groups is 3. The topological polar surface area (TPSA) is 176 Å². The van der Waals surface area contributed by atoms with E-state index in [0.29, 0.717) is 53.1 Å². The summed E-state index contributed by atoms with van der Waals surface area (Å²) in [5.74, 6) is -1.87. The van der Waals surface area contributed by atoms with E-state index in [-0.39, 0.29) is 24.4 Å². The number of pyridine rings is 1. The molecule has 3 N–H and O–H groups in total. The Hall–Kier alpha value is -5.15. The highest BCUT2D eigenvalue weighted by Crippen LogP contribution is 2.33. The van der Waals surface area contributed by atoms with Gasteiger partial charge in [-0.2, -0.15) is 5.10 Å². The average molecular weight is 756 g/mol. The minimum absolute atomic E-state index is 0.0858. The third-order valence-corrected chi connectivity index (χ3v) is 12.3. The van der Waals surface area contributed by atoms with Crippen LogP contribution in [0.3, 0.4) is 0 Å². The van der Waals surface area contributed by atoms with Gasteiger partial charge in [0.1, 0.15) is 11.5 Å². The predicted octanol–water partition coefficient (Wildman–Crippen LogP) is 6.18. The Bertz CT molecular complexity index is 2260. The van der Waals surface area contributed by atoms with Crippen LogP contribution in [0.15, 0.2) is 60.8 Å².